The minimum atomic E-state index is 0.136. The lowest BCUT2D eigenvalue weighted by atomic mass is 10.1. The van der Waals surface area contributed by atoms with Crippen LogP contribution >= 0.6 is 11.6 Å². The topological polar surface area (TPSA) is 35.6 Å². The molecule has 1 aromatic rings. The first kappa shape index (κ1) is 17.8. The minimum absolute atomic E-state index is 0.136. The average molecular weight is 312 g/mol. The summed E-state index contributed by atoms with van der Waals surface area (Å²) in [5.74, 6) is 0.136. The Hall–Kier alpha value is -1.26. The molecule has 0 aliphatic heterocycles. The summed E-state index contributed by atoms with van der Waals surface area (Å²) in [5, 5.41) is 4.00. The van der Waals surface area contributed by atoms with Gasteiger partial charge in [0.05, 0.1) is 6.54 Å². The molecule has 0 unspecified atom stereocenters. The number of nitrogens with one attached hydrogen (secondary N) is 1. The molecule has 0 aliphatic rings. The number of anilines is 1. The highest BCUT2D eigenvalue weighted by atomic mass is 35.5. The van der Waals surface area contributed by atoms with Crippen LogP contribution in [0.2, 0.25) is 5.02 Å². The number of hydrogen-bond donors (Lipinski definition) is 1. The number of likely N-dealkylation sites (N-methyl/N-ethyl adjacent to an activating group) is 2. The number of carbonyl (C=O) groups is 1. The van der Waals surface area contributed by atoms with Crippen LogP contribution in [0.5, 0.6) is 0 Å². The molecule has 0 bridgehead atoms. The van der Waals surface area contributed by atoms with Crippen molar-refractivity contribution in [3.63, 3.8) is 0 Å². The summed E-state index contributed by atoms with van der Waals surface area (Å²) in [7, 11) is 1.93. The van der Waals surface area contributed by atoms with Crippen LogP contribution < -0.4 is 10.2 Å². The Bertz CT molecular complexity index is 461. The quantitative estimate of drug-likeness (QED) is 0.802. The van der Waals surface area contributed by atoms with Crippen LogP contribution in [0, 0.1) is 0 Å². The lowest BCUT2D eigenvalue weighted by molar-refractivity contribution is -0.129. The van der Waals surface area contributed by atoms with Gasteiger partial charge >= 0.3 is 0 Å². The van der Waals surface area contributed by atoms with Crippen LogP contribution in [0.15, 0.2) is 18.2 Å². The van der Waals surface area contributed by atoms with E-state index in [4.69, 9.17) is 11.6 Å². The maximum Gasteiger partial charge on any atom is 0.242 e. The van der Waals surface area contributed by atoms with Crippen LogP contribution in [0.4, 0.5) is 5.69 Å². The van der Waals surface area contributed by atoms with Crippen molar-refractivity contribution in [1.29, 1.82) is 0 Å². The van der Waals surface area contributed by atoms with E-state index in [2.05, 4.69) is 12.2 Å². The molecule has 0 heterocycles. The largest absolute Gasteiger partial charge is 0.365 e. The first-order chi connectivity index (χ1) is 10.0. The van der Waals surface area contributed by atoms with Gasteiger partial charge in [-0.1, -0.05) is 24.6 Å². The maximum absolute atomic E-state index is 12.2. The zero-order valence-electron chi connectivity index (χ0n) is 13.4. The third kappa shape index (κ3) is 5.21. The van der Waals surface area contributed by atoms with Gasteiger partial charge in [0.2, 0.25) is 5.91 Å². The number of halogens is 1. The van der Waals surface area contributed by atoms with E-state index in [0.717, 1.165) is 37.4 Å². The Labute approximate surface area is 133 Å². The van der Waals surface area contributed by atoms with E-state index >= 15 is 0 Å². The minimum Gasteiger partial charge on any atom is -0.365 e. The van der Waals surface area contributed by atoms with Crippen molar-refractivity contribution in [3.8, 4) is 0 Å². The molecule has 1 aromatic carbocycles. The lowest BCUT2D eigenvalue weighted by Crippen LogP contribution is -2.39. The van der Waals surface area contributed by atoms with Gasteiger partial charge in [0, 0.05) is 37.4 Å². The monoisotopic (exact) mass is 311 g/mol. The number of carbonyl (C=O) groups excluding carboxylic acids is 1. The number of nitrogens with zero attached hydrogens (tertiary/aromatic N) is 2. The smallest absolute Gasteiger partial charge is 0.242 e. The highest BCUT2D eigenvalue weighted by molar-refractivity contribution is 6.30. The van der Waals surface area contributed by atoms with Gasteiger partial charge in [-0.25, -0.2) is 0 Å². The van der Waals surface area contributed by atoms with Crippen LogP contribution in [0.3, 0.4) is 0 Å². The highest BCUT2D eigenvalue weighted by Crippen LogP contribution is 2.24. The highest BCUT2D eigenvalue weighted by Gasteiger charge is 2.15. The molecule has 1 amide bonds. The Kier molecular flexibility index (Phi) is 7.54. The van der Waals surface area contributed by atoms with Crippen molar-refractivity contribution in [2.45, 2.75) is 27.3 Å². The zero-order chi connectivity index (χ0) is 15.8. The summed E-state index contributed by atoms with van der Waals surface area (Å²) in [6.07, 6.45) is 0. The third-order valence-corrected chi connectivity index (χ3v) is 3.75. The fourth-order valence-corrected chi connectivity index (χ4v) is 2.43. The van der Waals surface area contributed by atoms with E-state index in [-0.39, 0.29) is 5.91 Å². The summed E-state index contributed by atoms with van der Waals surface area (Å²) >= 11 is 6.11. The molecule has 5 heteroatoms. The zero-order valence-corrected chi connectivity index (χ0v) is 14.2. The van der Waals surface area contributed by atoms with E-state index in [0.29, 0.717) is 11.6 Å². The predicted octanol–water partition coefficient (Wildman–Crippen LogP) is 2.75. The summed E-state index contributed by atoms with van der Waals surface area (Å²) in [6, 6.07) is 5.82. The van der Waals surface area contributed by atoms with E-state index < -0.39 is 0 Å². The van der Waals surface area contributed by atoms with Gasteiger partial charge in [-0.3, -0.25) is 4.79 Å². The second kappa shape index (κ2) is 8.90. The molecule has 0 atom stereocenters. The SMILES string of the molecule is CCNCc1ccc(Cl)cc1N(C)CC(=O)N(CC)CC. The molecular formula is C16H26ClN3O. The molecule has 0 aromatic heterocycles. The van der Waals surface area contributed by atoms with Crippen LogP contribution in [0.1, 0.15) is 26.3 Å². The number of amides is 1. The van der Waals surface area contributed by atoms with Gasteiger partial charge in [0.1, 0.15) is 0 Å². The first-order valence-electron chi connectivity index (χ1n) is 7.51. The van der Waals surface area contributed by atoms with Crippen molar-refractivity contribution >= 4 is 23.2 Å². The Morgan fingerprint density at radius 2 is 1.90 bits per heavy atom. The molecule has 0 fully saturated rings. The van der Waals surface area contributed by atoms with Crippen molar-refractivity contribution in [2.24, 2.45) is 0 Å². The molecule has 118 valence electrons. The van der Waals surface area contributed by atoms with E-state index in [9.17, 15) is 4.79 Å². The maximum atomic E-state index is 12.2. The first-order valence-corrected chi connectivity index (χ1v) is 7.89. The predicted molar refractivity (Wildman–Crippen MR) is 90.0 cm³/mol. The molecule has 0 spiro atoms. The number of benzene rings is 1. The number of hydrogen-bond acceptors (Lipinski definition) is 3. The Morgan fingerprint density at radius 3 is 2.48 bits per heavy atom. The van der Waals surface area contributed by atoms with E-state index in [1.54, 1.807) is 0 Å². The van der Waals surface area contributed by atoms with Gasteiger partial charge < -0.3 is 15.1 Å². The molecule has 1 rings (SSSR count). The average Bonchev–Trinajstić information content (AvgIpc) is 2.47. The van der Waals surface area contributed by atoms with E-state index in [1.807, 2.05) is 48.9 Å². The van der Waals surface area contributed by atoms with Crippen LogP contribution in [-0.2, 0) is 11.3 Å². The molecule has 0 saturated heterocycles. The number of rotatable bonds is 8. The molecule has 0 radical (unpaired) electrons. The summed E-state index contributed by atoms with van der Waals surface area (Å²) in [5.41, 5.74) is 2.15. The molecule has 0 aliphatic carbocycles. The third-order valence-electron chi connectivity index (χ3n) is 3.51. The molecule has 21 heavy (non-hydrogen) atoms. The summed E-state index contributed by atoms with van der Waals surface area (Å²) in [6.45, 7) is 9.59. The van der Waals surface area contributed by atoms with Crippen LogP contribution in [0.25, 0.3) is 0 Å². The molecule has 0 saturated carbocycles. The van der Waals surface area contributed by atoms with Gasteiger partial charge in [0.25, 0.3) is 0 Å². The van der Waals surface area contributed by atoms with Crippen molar-refractivity contribution in [3.05, 3.63) is 28.8 Å². The van der Waals surface area contributed by atoms with Crippen molar-refractivity contribution < 1.29 is 4.79 Å². The molecule has 4 nitrogen and oxygen atoms in total. The Morgan fingerprint density at radius 1 is 1.24 bits per heavy atom. The van der Waals surface area contributed by atoms with Gasteiger partial charge in [-0.2, -0.15) is 0 Å². The van der Waals surface area contributed by atoms with Crippen molar-refractivity contribution in [1.82, 2.24) is 10.2 Å². The van der Waals surface area contributed by atoms with E-state index in [1.165, 1.54) is 0 Å². The summed E-state index contributed by atoms with van der Waals surface area (Å²) in [4.78, 5) is 16.0. The second-order valence-electron chi connectivity index (χ2n) is 4.98. The second-order valence-corrected chi connectivity index (χ2v) is 5.41. The fourth-order valence-electron chi connectivity index (χ4n) is 2.27. The van der Waals surface area contributed by atoms with Crippen molar-refractivity contribution in [2.75, 3.05) is 38.1 Å². The summed E-state index contributed by atoms with van der Waals surface area (Å²) < 4.78 is 0. The molecular weight excluding hydrogens is 286 g/mol. The standard InChI is InChI=1S/C16H26ClN3O/c1-5-18-11-13-8-9-14(17)10-15(13)19(4)12-16(21)20(6-2)7-3/h8-10,18H,5-7,11-12H2,1-4H3. The fraction of sp³-hybridized carbons (Fsp3) is 0.562. The normalized spacial score (nSPS) is 10.5. The van der Waals surface area contributed by atoms with Gasteiger partial charge in [0.15, 0.2) is 0 Å². The van der Waals surface area contributed by atoms with Crippen LogP contribution in [-0.4, -0.2) is 44.0 Å². The van der Waals surface area contributed by atoms with Gasteiger partial charge in [-0.15, -0.1) is 0 Å². The van der Waals surface area contributed by atoms with Gasteiger partial charge in [-0.05, 0) is 38.1 Å². The molecule has 1 N–H and O–H groups in total. The lowest BCUT2D eigenvalue weighted by Gasteiger charge is -2.26. The Balaban J connectivity index is 2.87.